The molecule has 2 aromatic carbocycles. The van der Waals surface area contributed by atoms with E-state index in [4.69, 9.17) is 0 Å². The minimum atomic E-state index is 1.31. The third-order valence-electron chi connectivity index (χ3n) is 2.23. The Kier molecular flexibility index (Phi) is 6.86. The lowest BCUT2D eigenvalue weighted by Crippen LogP contribution is -1.69. The van der Waals surface area contributed by atoms with Gasteiger partial charge in [0.25, 0.3) is 0 Å². The van der Waals surface area contributed by atoms with Crippen molar-refractivity contribution in [3.63, 3.8) is 0 Å². The molecule has 3 rings (SSSR count). The van der Waals surface area contributed by atoms with E-state index in [-0.39, 0.29) is 0 Å². The Balaban J connectivity index is 0.000000174. The average Bonchev–Trinajstić information content (AvgIpc) is 2.52. The van der Waals surface area contributed by atoms with Crippen molar-refractivity contribution in [1.29, 1.82) is 0 Å². The highest BCUT2D eigenvalue weighted by Crippen LogP contribution is 2.11. The third kappa shape index (κ3) is 4.76. The van der Waals surface area contributed by atoms with E-state index in [1.807, 2.05) is 18.2 Å². The van der Waals surface area contributed by atoms with Crippen LogP contribution in [0.15, 0.2) is 79.1 Å². The van der Waals surface area contributed by atoms with Crippen molar-refractivity contribution in [1.82, 2.24) is 4.98 Å². The molecule has 0 amide bonds. The van der Waals surface area contributed by atoms with Crippen LogP contribution in [0.4, 0.5) is 0 Å². The molecule has 2 nitrogen and oxygen atoms in total. The van der Waals surface area contributed by atoms with Gasteiger partial charge < -0.3 is 5.73 Å². The van der Waals surface area contributed by atoms with Crippen molar-refractivity contribution >= 4 is 10.8 Å². The van der Waals surface area contributed by atoms with Crippen LogP contribution in [0.5, 0.6) is 0 Å². The van der Waals surface area contributed by atoms with Crippen LogP contribution < -0.4 is 5.73 Å². The zero-order valence-electron chi connectivity index (χ0n) is 10.5. The molecule has 0 spiro atoms. The molecule has 0 saturated heterocycles. The Morgan fingerprint density at radius 1 is 0.611 bits per heavy atom. The SMILES string of the molecule is CN.c1ccc2ccccc2c1.c1ccncc1. The summed E-state index contributed by atoms with van der Waals surface area (Å²) in [6.45, 7) is 0. The van der Waals surface area contributed by atoms with Crippen LogP contribution in [0.2, 0.25) is 0 Å². The topological polar surface area (TPSA) is 38.9 Å². The Morgan fingerprint density at radius 3 is 1.22 bits per heavy atom. The first-order valence-electron chi connectivity index (χ1n) is 5.83. The molecular weight excluding hydrogens is 220 g/mol. The summed E-state index contributed by atoms with van der Waals surface area (Å²) in [5.41, 5.74) is 4.50. The molecule has 0 saturated carbocycles. The number of hydrogen-bond acceptors (Lipinski definition) is 2. The molecule has 0 fully saturated rings. The number of pyridine rings is 1. The molecule has 2 N–H and O–H groups in total. The lowest BCUT2D eigenvalue weighted by Gasteiger charge is -1.92. The highest BCUT2D eigenvalue weighted by Gasteiger charge is 1.85. The van der Waals surface area contributed by atoms with Gasteiger partial charge in [0.2, 0.25) is 0 Å². The van der Waals surface area contributed by atoms with Crippen LogP contribution in [0.3, 0.4) is 0 Å². The van der Waals surface area contributed by atoms with Gasteiger partial charge in [0.15, 0.2) is 0 Å². The highest BCUT2D eigenvalue weighted by atomic mass is 14.6. The van der Waals surface area contributed by atoms with Gasteiger partial charge in [-0.3, -0.25) is 4.98 Å². The fraction of sp³-hybridized carbons (Fsp3) is 0.0625. The van der Waals surface area contributed by atoms with Crippen molar-refractivity contribution < 1.29 is 0 Å². The minimum Gasteiger partial charge on any atom is -0.333 e. The van der Waals surface area contributed by atoms with E-state index in [0.29, 0.717) is 0 Å². The molecule has 0 unspecified atom stereocenters. The zero-order chi connectivity index (χ0) is 13.1. The van der Waals surface area contributed by atoms with Gasteiger partial charge in [-0.25, -0.2) is 0 Å². The summed E-state index contributed by atoms with van der Waals surface area (Å²) in [6.07, 6.45) is 3.50. The van der Waals surface area contributed by atoms with E-state index < -0.39 is 0 Å². The smallest absolute Gasteiger partial charge is 0.0267 e. The monoisotopic (exact) mass is 238 g/mol. The Labute approximate surface area is 108 Å². The molecule has 0 aliphatic heterocycles. The van der Waals surface area contributed by atoms with Gasteiger partial charge in [-0.05, 0) is 30.0 Å². The molecule has 1 aromatic heterocycles. The van der Waals surface area contributed by atoms with Gasteiger partial charge in [-0.15, -0.1) is 0 Å². The van der Waals surface area contributed by atoms with E-state index in [1.54, 1.807) is 12.4 Å². The van der Waals surface area contributed by atoms with Gasteiger partial charge in [-0.1, -0.05) is 54.6 Å². The number of aromatic nitrogens is 1. The summed E-state index contributed by atoms with van der Waals surface area (Å²) in [6, 6.07) is 22.4. The lowest BCUT2D eigenvalue weighted by atomic mass is 10.1. The van der Waals surface area contributed by atoms with Crippen LogP contribution in [0, 0.1) is 0 Å². The van der Waals surface area contributed by atoms with Gasteiger partial charge in [-0.2, -0.15) is 0 Å². The second-order valence-corrected chi connectivity index (χ2v) is 3.37. The third-order valence-corrected chi connectivity index (χ3v) is 2.23. The van der Waals surface area contributed by atoms with E-state index in [2.05, 4.69) is 59.2 Å². The molecular formula is C16H18N2. The Morgan fingerprint density at radius 2 is 1.00 bits per heavy atom. The van der Waals surface area contributed by atoms with Gasteiger partial charge in [0.05, 0.1) is 0 Å². The molecule has 18 heavy (non-hydrogen) atoms. The van der Waals surface area contributed by atoms with Crippen LogP contribution in [-0.2, 0) is 0 Å². The van der Waals surface area contributed by atoms with Crippen molar-refractivity contribution in [2.45, 2.75) is 0 Å². The van der Waals surface area contributed by atoms with Crippen LogP contribution in [0.1, 0.15) is 0 Å². The molecule has 2 heteroatoms. The first kappa shape index (κ1) is 13.9. The van der Waals surface area contributed by atoms with E-state index in [1.165, 1.54) is 17.8 Å². The van der Waals surface area contributed by atoms with Crippen LogP contribution in [0.25, 0.3) is 10.8 Å². The molecule has 1 heterocycles. The number of nitrogens with two attached hydrogens (primary N) is 1. The predicted molar refractivity (Wildman–Crippen MR) is 78.3 cm³/mol. The summed E-state index contributed by atoms with van der Waals surface area (Å²) < 4.78 is 0. The summed E-state index contributed by atoms with van der Waals surface area (Å²) in [5, 5.41) is 2.62. The minimum absolute atomic E-state index is 1.31. The molecule has 0 atom stereocenters. The highest BCUT2D eigenvalue weighted by molar-refractivity contribution is 5.81. The van der Waals surface area contributed by atoms with Gasteiger partial charge in [0, 0.05) is 12.4 Å². The molecule has 0 radical (unpaired) electrons. The first-order valence-corrected chi connectivity index (χ1v) is 5.83. The molecule has 3 aromatic rings. The molecule has 0 bridgehead atoms. The number of benzene rings is 2. The zero-order valence-corrected chi connectivity index (χ0v) is 10.5. The van der Waals surface area contributed by atoms with Crippen molar-refractivity contribution in [2.75, 3.05) is 7.05 Å². The second kappa shape index (κ2) is 8.90. The maximum atomic E-state index is 4.50. The van der Waals surface area contributed by atoms with Crippen LogP contribution >= 0.6 is 0 Å². The largest absolute Gasteiger partial charge is 0.333 e. The lowest BCUT2D eigenvalue weighted by molar-refractivity contribution is 1.33. The first-order chi connectivity index (χ1) is 8.97. The molecule has 0 aliphatic carbocycles. The number of rotatable bonds is 0. The summed E-state index contributed by atoms with van der Waals surface area (Å²) >= 11 is 0. The van der Waals surface area contributed by atoms with Crippen molar-refractivity contribution in [3.05, 3.63) is 79.1 Å². The Hall–Kier alpha value is -2.19. The normalized spacial score (nSPS) is 8.56. The summed E-state index contributed by atoms with van der Waals surface area (Å²) in [4.78, 5) is 3.78. The van der Waals surface area contributed by atoms with E-state index >= 15 is 0 Å². The maximum Gasteiger partial charge on any atom is 0.0267 e. The van der Waals surface area contributed by atoms with Gasteiger partial charge in [0.1, 0.15) is 0 Å². The van der Waals surface area contributed by atoms with Crippen LogP contribution in [-0.4, -0.2) is 12.0 Å². The summed E-state index contributed by atoms with van der Waals surface area (Å²) in [5.74, 6) is 0. The fourth-order valence-electron chi connectivity index (χ4n) is 1.45. The molecule has 92 valence electrons. The predicted octanol–water partition coefficient (Wildman–Crippen LogP) is 3.50. The van der Waals surface area contributed by atoms with E-state index in [9.17, 15) is 0 Å². The fourth-order valence-corrected chi connectivity index (χ4v) is 1.45. The van der Waals surface area contributed by atoms with Crippen molar-refractivity contribution in [2.24, 2.45) is 5.73 Å². The summed E-state index contributed by atoms with van der Waals surface area (Å²) in [7, 11) is 1.50. The number of nitrogens with zero attached hydrogens (tertiary/aromatic N) is 1. The Bertz CT molecular complexity index is 443. The average molecular weight is 238 g/mol. The molecule has 0 aliphatic rings. The standard InChI is InChI=1S/C10H8.C5H5N.CH5N/c1-2-6-10-8-4-3-7-9(10)5-1;1-2-4-6-5-3-1;1-2/h1-8H;1-5H;2H2,1H3. The van der Waals surface area contributed by atoms with Crippen molar-refractivity contribution in [3.8, 4) is 0 Å². The maximum absolute atomic E-state index is 4.50. The van der Waals surface area contributed by atoms with E-state index in [0.717, 1.165) is 0 Å². The van der Waals surface area contributed by atoms with Gasteiger partial charge >= 0.3 is 0 Å². The second-order valence-electron chi connectivity index (χ2n) is 3.37. The number of hydrogen-bond donors (Lipinski definition) is 1. The quantitative estimate of drug-likeness (QED) is 0.651. The number of fused-ring (bicyclic) bond motifs is 1.